The molecule has 0 bridgehead atoms. The van der Waals surface area contributed by atoms with Gasteiger partial charge < -0.3 is 10.1 Å². The Bertz CT molecular complexity index is 379. The smallest absolute Gasteiger partial charge is 0.212 e. The fourth-order valence-electron chi connectivity index (χ4n) is 3.11. The maximum absolute atomic E-state index is 5.15. The zero-order valence-corrected chi connectivity index (χ0v) is 12.2. The van der Waals surface area contributed by atoms with Crippen molar-refractivity contribution in [3.63, 3.8) is 0 Å². The van der Waals surface area contributed by atoms with E-state index in [4.69, 9.17) is 4.74 Å². The molecule has 0 radical (unpaired) electrons. The van der Waals surface area contributed by atoms with Gasteiger partial charge in [-0.1, -0.05) is 12.5 Å². The Hall–Kier alpha value is -1.13. The summed E-state index contributed by atoms with van der Waals surface area (Å²) in [6.45, 7) is 2.22. The maximum Gasteiger partial charge on any atom is 0.212 e. The van der Waals surface area contributed by atoms with Gasteiger partial charge in [0, 0.05) is 18.3 Å². The van der Waals surface area contributed by atoms with Crippen molar-refractivity contribution in [1.82, 2.24) is 15.2 Å². The quantitative estimate of drug-likeness (QED) is 0.902. The molecule has 4 heteroatoms. The summed E-state index contributed by atoms with van der Waals surface area (Å²) >= 11 is 0. The molecule has 1 saturated heterocycles. The summed E-state index contributed by atoms with van der Waals surface area (Å²) < 4.78 is 5.15. The van der Waals surface area contributed by atoms with Gasteiger partial charge in [0.15, 0.2) is 0 Å². The first-order chi connectivity index (χ1) is 9.26. The fraction of sp³-hybridized carbons (Fsp3) is 0.667. The molecule has 0 saturated carbocycles. The van der Waals surface area contributed by atoms with Crippen molar-refractivity contribution < 1.29 is 4.74 Å². The summed E-state index contributed by atoms with van der Waals surface area (Å²) in [4.78, 5) is 6.83. The molecular weight excluding hydrogens is 238 g/mol. The van der Waals surface area contributed by atoms with E-state index in [2.05, 4.69) is 28.3 Å². The second kappa shape index (κ2) is 6.87. The Balaban J connectivity index is 2.23. The highest BCUT2D eigenvalue weighted by Crippen LogP contribution is 2.33. The molecule has 1 fully saturated rings. The number of aromatic nitrogens is 1. The summed E-state index contributed by atoms with van der Waals surface area (Å²) in [6, 6.07) is 4.57. The maximum atomic E-state index is 5.15. The van der Waals surface area contributed by atoms with Gasteiger partial charge in [-0.2, -0.15) is 0 Å². The SMILES string of the molecule is CNCC1CCCCN(C)C1c1ccc(OC)nc1. The van der Waals surface area contributed by atoms with Gasteiger partial charge in [-0.05, 0) is 51.5 Å². The average molecular weight is 263 g/mol. The van der Waals surface area contributed by atoms with Crippen LogP contribution >= 0.6 is 0 Å². The monoisotopic (exact) mass is 263 g/mol. The van der Waals surface area contributed by atoms with Crippen molar-refractivity contribution in [3.05, 3.63) is 23.9 Å². The van der Waals surface area contributed by atoms with Crippen LogP contribution in [0, 0.1) is 5.92 Å². The molecule has 1 N–H and O–H groups in total. The van der Waals surface area contributed by atoms with Crippen molar-refractivity contribution in [1.29, 1.82) is 0 Å². The van der Waals surface area contributed by atoms with Gasteiger partial charge in [0.2, 0.25) is 5.88 Å². The molecule has 1 aromatic heterocycles. The van der Waals surface area contributed by atoms with Crippen molar-refractivity contribution in [2.75, 3.05) is 34.3 Å². The second-order valence-electron chi connectivity index (χ2n) is 5.37. The Morgan fingerprint density at radius 2 is 2.26 bits per heavy atom. The minimum Gasteiger partial charge on any atom is -0.481 e. The van der Waals surface area contributed by atoms with Gasteiger partial charge in [0.05, 0.1) is 7.11 Å². The summed E-state index contributed by atoms with van der Waals surface area (Å²) in [7, 11) is 5.92. The molecule has 2 heterocycles. The van der Waals surface area contributed by atoms with E-state index in [-0.39, 0.29) is 0 Å². The predicted octanol–water partition coefficient (Wildman–Crippen LogP) is 2.08. The normalized spacial score (nSPS) is 25.0. The average Bonchev–Trinajstić information content (AvgIpc) is 2.61. The van der Waals surface area contributed by atoms with Gasteiger partial charge in [-0.3, -0.25) is 4.90 Å². The third-order valence-corrected chi connectivity index (χ3v) is 4.03. The van der Waals surface area contributed by atoms with Crippen molar-refractivity contribution in [2.45, 2.75) is 25.3 Å². The van der Waals surface area contributed by atoms with E-state index < -0.39 is 0 Å². The first kappa shape index (κ1) is 14.3. The minimum absolute atomic E-state index is 0.452. The molecule has 19 heavy (non-hydrogen) atoms. The molecule has 0 amide bonds. The molecule has 2 rings (SSSR count). The molecule has 0 aliphatic carbocycles. The largest absolute Gasteiger partial charge is 0.481 e. The number of methoxy groups -OCH3 is 1. The van der Waals surface area contributed by atoms with E-state index in [0.29, 0.717) is 17.8 Å². The number of hydrogen-bond acceptors (Lipinski definition) is 4. The zero-order valence-electron chi connectivity index (χ0n) is 12.2. The van der Waals surface area contributed by atoms with Crippen molar-refractivity contribution >= 4 is 0 Å². The number of nitrogens with one attached hydrogen (secondary N) is 1. The Morgan fingerprint density at radius 3 is 2.89 bits per heavy atom. The first-order valence-electron chi connectivity index (χ1n) is 7.11. The fourth-order valence-corrected chi connectivity index (χ4v) is 3.11. The van der Waals surface area contributed by atoms with Crippen molar-refractivity contribution in [3.8, 4) is 5.88 Å². The number of pyridine rings is 1. The lowest BCUT2D eigenvalue weighted by Crippen LogP contribution is -2.34. The molecule has 2 atom stereocenters. The van der Waals surface area contributed by atoms with Gasteiger partial charge in [0.1, 0.15) is 0 Å². The lowest BCUT2D eigenvalue weighted by Gasteiger charge is -2.32. The third kappa shape index (κ3) is 3.45. The Morgan fingerprint density at radius 1 is 1.42 bits per heavy atom. The molecule has 0 spiro atoms. The minimum atomic E-state index is 0.452. The Labute approximate surface area is 116 Å². The topological polar surface area (TPSA) is 37.4 Å². The van der Waals surface area contributed by atoms with Gasteiger partial charge in [0.25, 0.3) is 0 Å². The van der Waals surface area contributed by atoms with Gasteiger partial charge in [-0.25, -0.2) is 4.98 Å². The summed E-state index contributed by atoms with van der Waals surface area (Å²) in [6.07, 6.45) is 5.85. The number of likely N-dealkylation sites (tertiary alicyclic amines) is 1. The molecular formula is C15H25N3O. The Kier molecular flexibility index (Phi) is 5.16. The summed E-state index contributed by atoms with van der Waals surface area (Å²) in [5.41, 5.74) is 1.30. The van der Waals surface area contributed by atoms with Crippen LogP contribution in [0.3, 0.4) is 0 Å². The number of nitrogens with zero attached hydrogens (tertiary/aromatic N) is 2. The highest BCUT2D eigenvalue weighted by Gasteiger charge is 2.28. The molecule has 1 aliphatic heterocycles. The van der Waals surface area contributed by atoms with Crippen LogP contribution in [0.4, 0.5) is 0 Å². The molecule has 2 unspecified atom stereocenters. The lowest BCUT2D eigenvalue weighted by molar-refractivity contribution is 0.190. The second-order valence-corrected chi connectivity index (χ2v) is 5.37. The first-order valence-corrected chi connectivity index (χ1v) is 7.11. The molecule has 0 aromatic carbocycles. The van der Waals surface area contributed by atoms with Gasteiger partial charge >= 0.3 is 0 Å². The lowest BCUT2D eigenvalue weighted by atomic mass is 9.90. The molecule has 1 aromatic rings. The summed E-state index contributed by atoms with van der Waals surface area (Å²) in [5, 5.41) is 3.34. The van der Waals surface area contributed by atoms with Crippen LogP contribution in [-0.2, 0) is 0 Å². The molecule has 4 nitrogen and oxygen atoms in total. The third-order valence-electron chi connectivity index (χ3n) is 4.03. The highest BCUT2D eigenvalue weighted by molar-refractivity contribution is 5.22. The van der Waals surface area contributed by atoms with Crippen LogP contribution in [0.5, 0.6) is 5.88 Å². The van der Waals surface area contributed by atoms with Crippen LogP contribution in [-0.4, -0.2) is 44.2 Å². The highest BCUT2D eigenvalue weighted by atomic mass is 16.5. The number of hydrogen-bond donors (Lipinski definition) is 1. The number of ether oxygens (including phenoxy) is 1. The predicted molar refractivity (Wildman–Crippen MR) is 77.4 cm³/mol. The standard InChI is InChI=1S/C15H25N3O/c1-16-10-12-6-4-5-9-18(2)15(12)13-7-8-14(19-3)17-11-13/h7-8,11-12,15-16H,4-6,9-10H2,1-3H3. The van der Waals surface area contributed by atoms with E-state index in [1.807, 2.05) is 19.3 Å². The zero-order chi connectivity index (χ0) is 13.7. The molecule has 1 aliphatic rings. The van der Waals surface area contributed by atoms with E-state index in [0.717, 1.165) is 13.1 Å². The number of rotatable bonds is 4. The van der Waals surface area contributed by atoms with E-state index in [1.54, 1.807) is 7.11 Å². The van der Waals surface area contributed by atoms with Crippen LogP contribution in [0.1, 0.15) is 30.9 Å². The van der Waals surface area contributed by atoms with E-state index in [1.165, 1.54) is 24.8 Å². The summed E-state index contributed by atoms with van der Waals surface area (Å²) in [5.74, 6) is 1.33. The van der Waals surface area contributed by atoms with Crippen LogP contribution in [0.15, 0.2) is 18.3 Å². The van der Waals surface area contributed by atoms with Crippen LogP contribution in [0.25, 0.3) is 0 Å². The van der Waals surface area contributed by atoms with Crippen LogP contribution < -0.4 is 10.1 Å². The van der Waals surface area contributed by atoms with Crippen LogP contribution in [0.2, 0.25) is 0 Å². The van der Waals surface area contributed by atoms with Crippen molar-refractivity contribution in [2.24, 2.45) is 5.92 Å². The van der Waals surface area contributed by atoms with E-state index >= 15 is 0 Å². The molecule has 106 valence electrons. The van der Waals surface area contributed by atoms with Gasteiger partial charge in [-0.15, -0.1) is 0 Å². The van der Waals surface area contributed by atoms with E-state index in [9.17, 15) is 0 Å².